The summed E-state index contributed by atoms with van der Waals surface area (Å²) in [6.07, 6.45) is 3.01. The largest absolute Gasteiger partial charge is 0.497 e. The molecule has 1 amide bonds. The number of pyridine rings is 1. The minimum Gasteiger partial charge on any atom is -0.497 e. The predicted molar refractivity (Wildman–Crippen MR) is 95.8 cm³/mol. The fourth-order valence-electron chi connectivity index (χ4n) is 2.18. The first-order valence-corrected chi connectivity index (χ1v) is 7.78. The maximum Gasteiger partial charge on any atom is 0.263 e. The first-order valence-electron chi connectivity index (χ1n) is 7.78. The molecular weight excluding hydrogens is 316 g/mol. The van der Waals surface area contributed by atoms with Gasteiger partial charge in [0.2, 0.25) is 0 Å². The van der Waals surface area contributed by atoms with Gasteiger partial charge in [0.15, 0.2) is 0 Å². The first kappa shape index (κ1) is 18.0. The standard InChI is InChI=1S/C19H20N4O2/c1-13-5-4-10-21-18(13)22-12-16(11-20)19(24)23-14(2)15-6-8-17(25-3)9-7-15/h4-10,12,14H,1-3H3,(H,21,22)(H,23,24)/b16-12-. The van der Waals surface area contributed by atoms with E-state index in [0.29, 0.717) is 5.82 Å². The molecule has 6 heteroatoms. The smallest absolute Gasteiger partial charge is 0.263 e. The van der Waals surface area contributed by atoms with Gasteiger partial charge in [0.1, 0.15) is 23.2 Å². The van der Waals surface area contributed by atoms with Crippen molar-refractivity contribution < 1.29 is 9.53 Å². The molecule has 0 aliphatic heterocycles. The highest BCUT2D eigenvalue weighted by atomic mass is 16.5. The number of nitriles is 1. The van der Waals surface area contributed by atoms with Gasteiger partial charge in [-0.2, -0.15) is 5.26 Å². The normalized spacial score (nSPS) is 12.0. The predicted octanol–water partition coefficient (Wildman–Crippen LogP) is 3.10. The summed E-state index contributed by atoms with van der Waals surface area (Å²) in [5.41, 5.74) is 1.81. The van der Waals surface area contributed by atoms with Gasteiger partial charge < -0.3 is 15.4 Å². The van der Waals surface area contributed by atoms with E-state index in [2.05, 4.69) is 15.6 Å². The molecule has 0 spiro atoms. The van der Waals surface area contributed by atoms with Gasteiger partial charge in [-0.1, -0.05) is 18.2 Å². The van der Waals surface area contributed by atoms with E-state index >= 15 is 0 Å². The summed E-state index contributed by atoms with van der Waals surface area (Å²) in [5, 5.41) is 14.9. The average Bonchev–Trinajstić information content (AvgIpc) is 2.63. The van der Waals surface area contributed by atoms with E-state index in [9.17, 15) is 10.1 Å². The number of nitrogens with one attached hydrogen (secondary N) is 2. The number of methoxy groups -OCH3 is 1. The molecule has 1 unspecified atom stereocenters. The van der Waals surface area contributed by atoms with Crippen LogP contribution in [-0.2, 0) is 4.79 Å². The third-order valence-electron chi connectivity index (χ3n) is 3.69. The summed E-state index contributed by atoms with van der Waals surface area (Å²) in [7, 11) is 1.60. The SMILES string of the molecule is COc1ccc(C(C)NC(=O)/C(C#N)=C\Nc2ncccc2C)cc1. The van der Waals surface area contributed by atoms with E-state index in [1.807, 2.05) is 56.3 Å². The topological polar surface area (TPSA) is 87.0 Å². The molecule has 0 saturated carbocycles. The third kappa shape index (κ3) is 4.82. The van der Waals surface area contributed by atoms with Gasteiger partial charge in [0.05, 0.1) is 13.2 Å². The lowest BCUT2D eigenvalue weighted by Gasteiger charge is -2.14. The number of nitrogens with zero attached hydrogens (tertiary/aromatic N) is 2. The zero-order chi connectivity index (χ0) is 18.2. The van der Waals surface area contributed by atoms with Gasteiger partial charge in [-0.15, -0.1) is 0 Å². The summed E-state index contributed by atoms with van der Waals surface area (Å²) in [4.78, 5) is 16.5. The molecule has 0 aliphatic rings. The average molecular weight is 336 g/mol. The Morgan fingerprint density at radius 2 is 2.04 bits per heavy atom. The first-order chi connectivity index (χ1) is 12.0. The summed E-state index contributed by atoms with van der Waals surface area (Å²) in [6, 6.07) is 12.8. The van der Waals surface area contributed by atoms with E-state index in [1.54, 1.807) is 13.3 Å². The molecular formula is C19H20N4O2. The molecule has 2 aromatic rings. The second kappa shape index (κ2) is 8.50. The van der Waals surface area contributed by atoms with Crippen molar-refractivity contribution in [1.29, 1.82) is 5.26 Å². The van der Waals surface area contributed by atoms with Crippen LogP contribution < -0.4 is 15.4 Å². The van der Waals surface area contributed by atoms with Crippen molar-refractivity contribution in [3.8, 4) is 11.8 Å². The molecule has 128 valence electrons. The van der Waals surface area contributed by atoms with Gasteiger partial charge in [-0.05, 0) is 43.2 Å². The number of carbonyl (C=O) groups is 1. The van der Waals surface area contributed by atoms with Crippen LogP contribution in [0.25, 0.3) is 0 Å². The molecule has 6 nitrogen and oxygen atoms in total. The molecule has 0 radical (unpaired) electrons. The van der Waals surface area contributed by atoms with Crippen LogP contribution in [-0.4, -0.2) is 18.0 Å². The maximum atomic E-state index is 12.3. The third-order valence-corrected chi connectivity index (χ3v) is 3.69. The van der Waals surface area contributed by atoms with Gasteiger partial charge in [-0.25, -0.2) is 4.98 Å². The number of aromatic nitrogens is 1. The highest BCUT2D eigenvalue weighted by Crippen LogP contribution is 2.17. The number of ether oxygens (including phenoxy) is 1. The van der Waals surface area contributed by atoms with E-state index in [4.69, 9.17) is 4.74 Å². The Morgan fingerprint density at radius 3 is 2.64 bits per heavy atom. The highest BCUT2D eigenvalue weighted by molar-refractivity contribution is 5.97. The number of aryl methyl sites for hydroxylation is 1. The molecule has 2 rings (SSSR count). The second-order valence-corrected chi connectivity index (χ2v) is 5.45. The fraction of sp³-hybridized carbons (Fsp3) is 0.211. The molecule has 1 atom stereocenters. The van der Waals surface area contributed by atoms with Crippen molar-refractivity contribution in [3.05, 3.63) is 65.5 Å². The lowest BCUT2D eigenvalue weighted by atomic mass is 10.1. The van der Waals surface area contributed by atoms with Crippen molar-refractivity contribution in [1.82, 2.24) is 10.3 Å². The molecule has 1 aromatic heterocycles. The number of amides is 1. The number of hydrogen-bond donors (Lipinski definition) is 2. The van der Waals surface area contributed by atoms with Crippen molar-refractivity contribution >= 4 is 11.7 Å². The molecule has 1 heterocycles. The zero-order valence-electron chi connectivity index (χ0n) is 14.4. The monoisotopic (exact) mass is 336 g/mol. The summed E-state index contributed by atoms with van der Waals surface area (Å²) in [5.74, 6) is 0.896. The Bertz CT molecular complexity index is 807. The van der Waals surface area contributed by atoms with E-state index in [1.165, 1.54) is 6.20 Å². The minimum atomic E-state index is -0.452. The Hall–Kier alpha value is -3.33. The summed E-state index contributed by atoms with van der Waals surface area (Å²) in [6.45, 7) is 3.74. The highest BCUT2D eigenvalue weighted by Gasteiger charge is 2.14. The van der Waals surface area contributed by atoms with Crippen molar-refractivity contribution in [2.45, 2.75) is 19.9 Å². The molecule has 0 saturated heterocycles. The van der Waals surface area contributed by atoms with Gasteiger partial charge in [0.25, 0.3) is 5.91 Å². The van der Waals surface area contributed by atoms with Gasteiger partial charge in [0, 0.05) is 12.4 Å². The van der Waals surface area contributed by atoms with Crippen LogP contribution in [0.4, 0.5) is 5.82 Å². The van der Waals surface area contributed by atoms with Crippen LogP contribution in [0.5, 0.6) is 5.75 Å². The summed E-state index contributed by atoms with van der Waals surface area (Å²) < 4.78 is 5.12. The van der Waals surface area contributed by atoms with Crippen LogP contribution in [0.2, 0.25) is 0 Å². The van der Waals surface area contributed by atoms with E-state index in [-0.39, 0.29) is 11.6 Å². The van der Waals surface area contributed by atoms with Crippen LogP contribution in [0.15, 0.2) is 54.4 Å². The van der Waals surface area contributed by atoms with Gasteiger partial charge in [-0.3, -0.25) is 4.79 Å². The number of hydrogen-bond acceptors (Lipinski definition) is 5. The van der Waals surface area contributed by atoms with Crippen molar-refractivity contribution in [2.24, 2.45) is 0 Å². The molecule has 0 aliphatic carbocycles. The lowest BCUT2D eigenvalue weighted by Crippen LogP contribution is -2.28. The summed E-state index contributed by atoms with van der Waals surface area (Å²) >= 11 is 0. The number of anilines is 1. The zero-order valence-corrected chi connectivity index (χ0v) is 14.4. The quantitative estimate of drug-likeness (QED) is 0.625. The van der Waals surface area contributed by atoms with Crippen molar-refractivity contribution in [3.63, 3.8) is 0 Å². The maximum absolute atomic E-state index is 12.3. The van der Waals surface area contributed by atoms with Crippen molar-refractivity contribution in [2.75, 3.05) is 12.4 Å². The van der Waals surface area contributed by atoms with E-state index < -0.39 is 5.91 Å². The second-order valence-electron chi connectivity index (χ2n) is 5.45. The number of carbonyl (C=O) groups excluding carboxylic acids is 1. The van der Waals surface area contributed by atoms with Crippen LogP contribution >= 0.6 is 0 Å². The Balaban J connectivity index is 2.05. The van der Waals surface area contributed by atoms with Gasteiger partial charge >= 0.3 is 0 Å². The van der Waals surface area contributed by atoms with Crippen LogP contribution in [0.1, 0.15) is 24.1 Å². The Kier molecular flexibility index (Phi) is 6.13. The van der Waals surface area contributed by atoms with Crippen LogP contribution in [0.3, 0.4) is 0 Å². The molecule has 1 aromatic carbocycles. The Morgan fingerprint density at radius 1 is 1.32 bits per heavy atom. The Labute approximate surface area is 147 Å². The molecule has 25 heavy (non-hydrogen) atoms. The molecule has 2 N–H and O–H groups in total. The molecule has 0 bridgehead atoms. The molecule has 0 fully saturated rings. The lowest BCUT2D eigenvalue weighted by molar-refractivity contribution is -0.117. The van der Waals surface area contributed by atoms with Crippen LogP contribution in [0, 0.1) is 18.3 Å². The fourth-order valence-corrected chi connectivity index (χ4v) is 2.18. The minimum absolute atomic E-state index is 0.0228. The van der Waals surface area contributed by atoms with E-state index in [0.717, 1.165) is 16.9 Å². The number of rotatable bonds is 6. The number of benzene rings is 1.